The monoisotopic (exact) mass is 236 g/mol. The fourth-order valence-electron chi connectivity index (χ4n) is 0.831. The molecule has 0 amide bonds. The Labute approximate surface area is 88.1 Å². The fraction of sp³-hybridized carbons (Fsp3) is 0.250. The van der Waals surface area contributed by atoms with Gasteiger partial charge in [0, 0.05) is 5.56 Å². The summed E-state index contributed by atoms with van der Waals surface area (Å²) in [7, 11) is 0. The second-order valence-electron chi connectivity index (χ2n) is 2.45. The number of ether oxygens (including phenoxy) is 1. The molecule has 0 aliphatic rings. The molecule has 15 heavy (non-hydrogen) atoms. The van der Waals surface area contributed by atoms with E-state index in [0.29, 0.717) is 0 Å². The lowest BCUT2D eigenvalue weighted by atomic mass is 10.2. The van der Waals surface area contributed by atoms with Gasteiger partial charge in [-0.3, -0.25) is 0 Å². The van der Waals surface area contributed by atoms with Gasteiger partial charge >= 0.3 is 6.36 Å². The molecule has 0 bridgehead atoms. The van der Waals surface area contributed by atoms with Gasteiger partial charge in [-0.05, 0) is 12.1 Å². The predicted molar refractivity (Wildman–Crippen MR) is 45.2 cm³/mol. The second-order valence-corrected chi connectivity index (χ2v) is 2.72. The first kappa shape index (κ1) is 11.6. The highest BCUT2D eigenvalue weighted by Crippen LogP contribution is 2.25. The number of alkyl halides is 4. The number of hydrogen-bond acceptors (Lipinski definition) is 3. The van der Waals surface area contributed by atoms with Crippen molar-refractivity contribution in [3.05, 3.63) is 23.4 Å². The van der Waals surface area contributed by atoms with Gasteiger partial charge in [-0.2, -0.15) is 5.26 Å². The number of halogens is 4. The number of nitriles is 1. The van der Waals surface area contributed by atoms with Crippen molar-refractivity contribution >= 4 is 11.6 Å². The van der Waals surface area contributed by atoms with Crippen molar-refractivity contribution < 1.29 is 17.9 Å². The topological polar surface area (TPSA) is 45.9 Å². The van der Waals surface area contributed by atoms with Gasteiger partial charge in [0.25, 0.3) is 0 Å². The minimum atomic E-state index is -4.85. The SMILES string of the molecule is N#Cc1ccc(CCl)c(OC(F)(F)F)n1. The minimum Gasteiger partial charge on any atom is -0.387 e. The van der Waals surface area contributed by atoms with Crippen molar-refractivity contribution in [3.63, 3.8) is 0 Å². The molecule has 0 saturated heterocycles. The third-order valence-electron chi connectivity index (χ3n) is 1.41. The van der Waals surface area contributed by atoms with Crippen LogP contribution in [0.1, 0.15) is 11.3 Å². The molecule has 80 valence electrons. The van der Waals surface area contributed by atoms with Gasteiger partial charge in [-0.1, -0.05) is 0 Å². The second kappa shape index (κ2) is 4.36. The van der Waals surface area contributed by atoms with E-state index in [9.17, 15) is 13.2 Å². The summed E-state index contributed by atoms with van der Waals surface area (Å²) in [5.41, 5.74) is -0.0869. The van der Waals surface area contributed by atoms with Gasteiger partial charge in [0.1, 0.15) is 11.8 Å². The van der Waals surface area contributed by atoms with E-state index in [1.807, 2.05) is 0 Å². The number of nitrogens with zero attached hydrogens (tertiary/aromatic N) is 2. The van der Waals surface area contributed by atoms with Gasteiger partial charge in [0.05, 0.1) is 5.88 Å². The lowest BCUT2D eigenvalue weighted by Gasteiger charge is -2.10. The maximum atomic E-state index is 11.9. The van der Waals surface area contributed by atoms with Crippen molar-refractivity contribution in [2.75, 3.05) is 0 Å². The molecule has 0 atom stereocenters. The van der Waals surface area contributed by atoms with Crippen molar-refractivity contribution in [2.45, 2.75) is 12.2 Å². The van der Waals surface area contributed by atoms with E-state index in [-0.39, 0.29) is 17.1 Å². The van der Waals surface area contributed by atoms with Crippen LogP contribution in [0.15, 0.2) is 12.1 Å². The lowest BCUT2D eigenvalue weighted by Crippen LogP contribution is -2.19. The Morgan fingerprint density at radius 1 is 1.47 bits per heavy atom. The predicted octanol–water partition coefficient (Wildman–Crippen LogP) is 2.59. The molecule has 0 radical (unpaired) electrons. The maximum Gasteiger partial charge on any atom is 0.574 e. The van der Waals surface area contributed by atoms with Crippen LogP contribution in [0.3, 0.4) is 0 Å². The first-order valence-electron chi connectivity index (χ1n) is 3.68. The number of hydrogen-bond donors (Lipinski definition) is 0. The smallest absolute Gasteiger partial charge is 0.387 e. The van der Waals surface area contributed by atoms with Crippen LogP contribution >= 0.6 is 11.6 Å². The van der Waals surface area contributed by atoms with Crippen LogP contribution in [0, 0.1) is 11.3 Å². The summed E-state index contributed by atoms with van der Waals surface area (Å²) < 4.78 is 39.3. The zero-order valence-electron chi connectivity index (χ0n) is 7.18. The van der Waals surface area contributed by atoms with Crippen LogP contribution in [0.25, 0.3) is 0 Å². The molecule has 1 aromatic rings. The summed E-state index contributed by atoms with van der Waals surface area (Å²) in [5, 5.41) is 8.44. The Balaban J connectivity index is 3.08. The zero-order chi connectivity index (χ0) is 11.5. The largest absolute Gasteiger partial charge is 0.574 e. The van der Waals surface area contributed by atoms with E-state index in [4.69, 9.17) is 16.9 Å². The highest BCUT2D eigenvalue weighted by Gasteiger charge is 2.32. The van der Waals surface area contributed by atoms with Gasteiger partial charge in [0.2, 0.25) is 5.88 Å². The van der Waals surface area contributed by atoms with Crippen LogP contribution < -0.4 is 4.74 Å². The van der Waals surface area contributed by atoms with Crippen molar-refractivity contribution in [2.24, 2.45) is 0 Å². The average Bonchev–Trinajstić information content (AvgIpc) is 2.15. The first-order valence-corrected chi connectivity index (χ1v) is 4.21. The molecular weight excluding hydrogens is 233 g/mol. The molecule has 0 spiro atoms. The normalized spacial score (nSPS) is 10.9. The van der Waals surface area contributed by atoms with Crippen LogP contribution in [0.4, 0.5) is 13.2 Å². The van der Waals surface area contributed by atoms with Gasteiger partial charge in [-0.25, -0.2) is 4.98 Å². The van der Waals surface area contributed by atoms with Gasteiger partial charge in [-0.15, -0.1) is 24.8 Å². The van der Waals surface area contributed by atoms with E-state index in [1.165, 1.54) is 12.1 Å². The summed E-state index contributed by atoms with van der Waals surface area (Å²) in [5.74, 6) is -0.860. The van der Waals surface area contributed by atoms with Crippen molar-refractivity contribution in [3.8, 4) is 11.9 Å². The Bertz CT molecular complexity index is 400. The Hall–Kier alpha value is -1.48. The van der Waals surface area contributed by atoms with Crippen LogP contribution in [0.5, 0.6) is 5.88 Å². The summed E-state index contributed by atoms with van der Waals surface area (Å²) in [6, 6.07) is 4.13. The van der Waals surface area contributed by atoms with E-state index in [2.05, 4.69) is 9.72 Å². The molecule has 1 rings (SSSR count). The minimum absolute atomic E-state index is 0.0768. The molecule has 0 saturated carbocycles. The standard InChI is InChI=1S/C8H4ClF3N2O/c9-3-5-1-2-6(4-13)14-7(5)15-8(10,11)12/h1-2H,3H2. The van der Waals surface area contributed by atoms with Crippen LogP contribution in [-0.4, -0.2) is 11.3 Å². The third-order valence-corrected chi connectivity index (χ3v) is 1.70. The summed E-state index contributed by atoms with van der Waals surface area (Å²) in [4.78, 5) is 3.36. The molecule has 0 fully saturated rings. The first-order chi connectivity index (χ1) is 6.96. The van der Waals surface area contributed by atoms with Crippen molar-refractivity contribution in [1.29, 1.82) is 5.26 Å². The molecule has 1 aromatic heterocycles. The number of rotatable bonds is 2. The van der Waals surface area contributed by atoms with E-state index in [0.717, 1.165) is 0 Å². The molecule has 0 aliphatic carbocycles. The van der Waals surface area contributed by atoms with Gasteiger partial charge in [0.15, 0.2) is 0 Å². The zero-order valence-corrected chi connectivity index (χ0v) is 7.93. The quantitative estimate of drug-likeness (QED) is 0.742. The Kier molecular flexibility index (Phi) is 3.37. The maximum absolute atomic E-state index is 11.9. The summed E-state index contributed by atoms with van der Waals surface area (Å²) in [6.07, 6.45) is -4.85. The van der Waals surface area contributed by atoms with Crippen molar-refractivity contribution in [1.82, 2.24) is 4.98 Å². The van der Waals surface area contributed by atoms with Gasteiger partial charge < -0.3 is 4.74 Å². The number of aromatic nitrogens is 1. The van der Waals surface area contributed by atoms with E-state index in [1.54, 1.807) is 6.07 Å². The molecule has 3 nitrogen and oxygen atoms in total. The van der Waals surface area contributed by atoms with E-state index < -0.39 is 12.2 Å². The molecule has 0 aliphatic heterocycles. The molecule has 7 heteroatoms. The van der Waals surface area contributed by atoms with Crippen LogP contribution in [-0.2, 0) is 5.88 Å². The summed E-state index contributed by atoms with van der Waals surface area (Å²) in [6.45, 7) is 0. The molecular formula is C8H4ClF3N2O. The third kappa shape index (κ3) is 3.29. The molecule has 0 N–H and O–H groups in total. The Morgan fingerprint density at radius 3 is 2.60 bits per heavy atom. The number of pyridine rings is 1. The Morgan fingerprint density at radius 2 is 2.13 bits per heavy atom. The lowest BCUT2D eigenvalue weighted by molar-refractivity contribution is -0.276. The fourth-order valence-corrected chi connectivity index (χ4v) is 1.03. The molecule has 0 aromatic carbocycles. The van der Waals surface area contributed by atoms with Crippen LogP contribution in [0.2, 0.25) is 0 Å². The highest BCUT2D eigenvalue weighted by molar-refractivity contribution is 6.17. The summed E-state index contributed by atoms with van der Waals surface area (Å²) >= 11 is 5.39. The molecule has 1 heterocycles. The highest BCUT2D eigenvalue weighted by atomic mass is 35.5. The van der Waals surface area contributed by atoms with E-state index >= 15 is 0 Å². The average molecular weight is 237 g/mol. The molecule has 0 unspecified atom stereocenters.